The van der Waals surface area contributed by atoms with Crippen molar-refractivity contribution in [3.8, 4) is 11.4 Å². The topological polar surface area (TPSA) is 59.2 Å². The number of hydrogen-bond acceptors (Lipinski definition) is 4. The number of amides is 1. The molecule has 1 aliphatic heterocycles. The summed E-state index contributed by atoms with van der Waals surface area (Å²) in [7, 11) is 0. The van der Waals surface area contributed by atoms with E-state index in [1.54, 1.807) is 0 Å². The fraction of sp³-hybridized carbons (Fsp3) is 0.286. The fourth-order valence-electron chi connectivity index (χ4n) is 3.48. The first-order valence-electron chi connectivity index (χ1n) is 8.99. The van der Waals surface area contributed by atoms with E-state index in [1.165, 1.54) is 0 Å². The van der Waals surface area contributed by atoms with Crippen molar-refractivity contribution in [3.05, 3.63) is 71.6 Å². The van der Waals surface area contributed by atoms with Gasteiger partial charge in [-0.1, -0.05) is 47.6 Å². The number of likely N-dealkylation sites (tertiary alicyclic amines) is 1. The molecule has 1 unspecified atom stereocenters. The lowest BCUT2D eigenvalue weighted by atomic mass is 10.0. The van der Waals surface area contributed by atoms with E-state index < -0.39 is 0 Å². The van der Waals surface area contributed by atoms with E-state index in [2.05, 4.69) is 10.1 Å². The summed E-state index contributed by atoms with van der Waals surface area (Å²) in [6.45, 7) is 2.73. The molecule has 132 valence electrons. The fourth-order valence-corrected chi connectivity index (χ4v) is 3.48. The van der Waals surface area contributed by atoms with Gasteiger partial charge in [0.1, 0.15) is 6.04 Å². The van der Waals surface area contributed by atoms with Crippen molar-refractivity contribution >= 4 is 5.91 Å². The van der Waals surface area contributed by atoms with Crippen LogP contribution >= 0.6 is 0 Å². The quantitative estimate of drug-likeness (QED) is 0.704. The van der Waals surface area contributed by atoms with Crippen molar-refractivity contribution in [1.29, 1.82) is 0 Å². The van der Waals surface area contributed by atoms with E-state index in [4.69, 9.17) is 4.52 Å². The first-order valence-corrected chi connectivity index (χ1v) is 8.99. The van der Waals surface area contributed by atoms with Crippen LogP contribution in [0.2, 0.25) is 0 Å². The second kappa shape index (κ2) is 7.12. The summed E-state index contributed by atoms with van der Waals surface area (Å²) >= 11 is 0. The highest BCUT2D eigenvalue weighted by Crippen LogP contribution is 2.32. The smallest absolute Gasteiger partial charge is 0.254 e. The molecule has 0 aliphatic carbocycles. The van der Waals surface area contributed by atoms with Crippen molar-refractivity contribution < 1.29 is 9.32 Å². The normalized spacial score (nSPS) is 17.3. The van der Waals surface area contributed by atoms with Crippen LogP contribution in [0.15, 0.2) is 59.1 Å². The molecule has 2 aromatic carbocycles. The maximum Gasteiger partial charge on any atom is 0.254 e. The summed E-state index contributed by atoms with van der Waals surface area (Å²) in [6, 6.07) is 17.2. The van der Waals surface area contributed by atoms with Gasteiger partial charge in [-0.15, -0.1) is 0 Å². The number of aromatic nitrogens is 2. The van der Waals surface area contributed by atoms with Crippen molar-refractivity contribution in [2.24, 2.45) is 0 Å². The van der Waals surface area contributed by atoms with Crippen molar-refractivity contribution in [2.45, 2.75) is 32.2 Å². The molecule has 2 heterocycles. The van der Waals surface area contributed by atoms with Gasteiger partial charge in [0.15, 0.2) is 0 Å². The summed E-state index contributed by atoms with van der Waals surface area (Å²) in [5.74, 6) is 1.12. The van der Waals surface area contributed by atoms with Crippen LogP contribution in [-0.4, -0.2) is 27.5 Å². The number of aryl methyl sites for hydroxylation is 1. The summed E-state index contributed by atoms with van der Waals surface area (Å²) in [6.07, 6.45) is 2.88. The lowest BCUT2D eigenvalue weighted by Crippen LogP contribution is -2.38. The minimum absolute atomic E-state index is 0.0194. The average Bonchev–Trinajstić information content (AvgIpc) is 3.18. The van der Waals surface area contributed by atoms with Crippen LogP contribution in [0.4, 0.5) is 0 Å². The van der Waals surface area contributed by atoms with Gasteiger partial charge in [-0.25, -0.2) is 0 Å². The van der Waals surface area contributed by atoms with Gasteiger partial charge in [0.05, 0.1) is 0 Å². The zero-order chi connectivity index (χ0) is 17.9. The van der Waals surface area contributed by atoms with Gasteiger partial charge in [-0.2, -0.15) is 4.98 Å². The molecule has 1 atom stereocenters. The summed E-state index contributed by atoms with van der Waals surface area (Å²) < 4.78 is 5.57. The van der Waals surface area contributed by atoms with Crippen LogP contribution in [0.5, 0.6) is 0 Å². The summed E-state index contributed by atoms with van der Waals surface area (Å²) in [5.41, 5.74) is 2.75. The predicted octanol–water partition coefficient (Wildman–Crippen LogP) is 4.41. The molecule has 3 aromatic rings. The van der Waals surface area contributed by atoms with Crippen molar-refractivity contribution in [3.63, 3.8) is 0 Å². The number of benzene rings is 2. The van der Waals surface area contributed by atoms with Gasteiger partial charge in [0, 0.05) is 17.7 Å². The third-order valence-corrected chi connectivity index (χ3v) is 4.90. The number of carbonyl (C=O) groups is 1. The minimum Gasteiger partial charge on any atom is -0.337 e. The molecule has 1 fully saturated rings. The Labute approximate surface area is 152 Å². The number of rotatable bonds is 3. The van der Waals surface area contributed by atoms with Gasteiger partial charge in [0.25, 0.3) is 5.91 Å². The van der Waals surface area contributed by atoms with E-state index in [9.17, 15) is 4.79 Å². The Balaban J connectivity index is 1.63. The van der Waals surface area contributed by atoms with Crippen LogP contribution in [-0.2, 0) is 0 Å². The highest BCUT2D eigenvalue weighted by molar-refractivity contribution is 5.94. The molecule has 26 heavy (non-hydrogen) atoms. The maximum absolute atomic E-state index is 13.0. The maximum atomic E-state index is 13.0. The first-order chi connectivity index (χ1) is 12.7. The summed E-state index contributed by atoms with van der Waals surface area (Å²) in [4.78, 5) is 19.4. The predicted molar refractivity (Wildman–Crippen MR) is 98.5 cm³/mol. The van der Waals surface area contributed by atoms with Gasteiger partial charge in [-0.3, -0.25) is 4.79 Å². The molecule has 0 bridgehead atoms. The van der Waals surface area contributed by atoms with E-state index in [1.807, 2.05) is 66.4 Å². The second-order valence-corrected chi connectivity index (χ2v) is 6.65. The van der Waals surface area contributed by atoms with E-state index in [-0.39, 0.29) is 11.9 Å². The Morgan fingerprint density at radius 2 is 1.85 bits per heavy atom. The molecular weight excluding hydrogens is 326 g/mol. The second-order valence-electron chi connectivity index (χ2n) is 6.65. The summed E-state index contributed by atoms with van der Waals surface area (Å²) in [5, 5.41) is 4.16. The standard InChI is InChI=1S/C21H21N3O2/c1-15-9-5-6-12-17(15)19-22-20(26-23-19)18-13-7-8-14-24(18)21(25)16-10-3-2-4-11-16/h2-6,9-12,18H,7-8,13-14H2,1H3. The number of nitrogens with zero attached hydrogens (tertiary/aromatic N) is 3. The Morgan fingerprint density at radius 3 is 2.65 bits per heavy atom. The van der Waals surface area contributed by atoms with Crippen LogP contribution in [0.25, 0.3) is 11.4 Å². The molecule has 0 N–H and O–H groups in total. The van der Waals surface area contributed by atoms with E-state index >= 15 is 0 Å². The first kappa shape index (κ1) is 16.5. The molecule has 1 saturated heterocycles. The highest BCUT2D eigenvalue weighted by atomic mass is 16.5. The minimum atomic E-state index is -0.165. The van der Waals surface area contributed by atoms with Gasteiger partial charge < -0.3 is 9.42 Å². The Hall–Kier alpha value is -2.95. The molecule has 0 radical (unpaired) electrons. The molecule has 1 amide bonds. The Bertz CT molecular complexity index is 904. The van der Waals surface area contributed by atoms with Crippen molar-refractivity contribution in [2.75, 3.05) is 6.54 Å². The third kappa shape index (κ3) is 3.12. The van der Waals surface area contributed by atoms with Crippen LogP contribution in [0.1, 0.15) is 47.1 Å². The third-order valence-electron chi connectivity index (χ3n) is 4.90. The Morgan fingerprint density at radius 1 is 1.08 bits per heavy atom. The van der Waals surface area contributed by atoms with Crippen LogP contribution < -0.4 is 0 Å². The van der Waals surface area contributed by atoms with Crippen LogP contribution in [0.3, 0.4) is 0 Å². The molecule has 5 heteroatoms. The van der Waals surface area contributed by atoms with Gasteiger partial charge in [0.2, 0.25) is 11.7 Å². The largest absolute Gasteiger partial charge is 0.337 e. The number of piperidine rings is 1. The zero-order valence-electron chi connectivity index (χ0n) is 14.8. The van der Waals surface area contributed by atoms with Gasteiger partial charge >= 0.3 is 0 Å². The molecule has 1 aliphatic rings. The number of carbonyl (C=O) groups excluding carboxylic acids is 1. The van der Waals surface area contributed by atoms with Gasteiger partial charge in [-0.05, 0) is 43.9 Å². The average molecular weight is 347 g/mol. The Kier molecular flexibility index (Phi) is 4.52. The van der Waals surface area contributed by atoms with E-state index in [0.717, 1.165) is 30.4 Å². The molecule has 4 rings (SSSR count). The monoisotopic (exact) mass is 347 g/mol. The lowest BCUT2D eigenvalue weighted by Gasteiger charge is -2.33. The number of hydrogen-bond donors (Lipinski definition) is 0. The highest BCUT2D eigenvalue weighted by Gasteiger charge is 2.32. The molecule has 5 nitrogen and oxygen atoms in total. The molecular formula is C21H21N3O2. The molecule has 1 aromatic heterocycles. The SMILES string of the molecule is Cc1ccccc1-c1noc(C2CCCCN2C(=O)c2ccccc2)n1. The lowest BCUT2D eigenvalue weighted by molar-refractivity contribution is 0.0561. The molecule has 0 saturated carbocycles. The molecule has 0 spiro atoms. The van der Waals surface area contributed by atoms with Crippen molar-refractivity contribution in [1.82, 2.24) is 15.0 Å². The van der Waals surface area contributed by atoms with E-state index in [0.29, 0.717) is 23.8 Å². The zero-order valence-corrected chi connectivity index (χ0v) is 14.8. The van der Waals surface area contributed by atoms with Crippen LogP contribution in [0, 0.1) is 6.92 Å².